The van der Waals surface area contributed by atoms with E-state index in [1.54, 1.807) is 0 Å². The molecule has 0 amide bonds. The van der Waals surface area contributed by atoms with Gasteiger partial charge in [0.1, 0.15) is 0 Å². The lowest BCUT2D eigenvalue weighted by atomic mass is 10.1. The van der Waals surface area contributed by atoms with E-state index in [-0.39, 0.29) is 0 Å². The summed E-state index contributed by atoms with van der Waals surface area (Å²) in [6, 6.07) is 0.546. The first-order valence-corrected chi connectivity index (χ1v) is 4.83. The molecule has 1 rings (SSSR count). The van der Waals surface area contributed by atoms with Gasteiger partial charge in [-0.1, -0.05) is 25.5 Å². The highest BCUT2D eigenvalue weighted by atomic mass is 15.4. The van der Waals surface area contributed by atoms with E-state index in [0.29, 0.717) is 12.0 Å². The number of nitrogens with two attached hydrogens (primary N) is 1. The van der Waals surface area contributed by atoms with Crippen LogP contribution in [0.15, 0.2) is 11.6 Å². The molecule has 0 radical (unpaired) electrons. The Morgan fingerprint density at radius 3 is 2.75 bits per heavy atom. The fourth-order valence-corrected chi connectivity index (χ4v) is 1.99. The maximum atomic E-state index is 5.94. The molecule has 2 N–H and O–H groups in total. The van der Waals surface area contributed by atoms with Crippen molar-refractivity contribution < 1.29 is 0 Å². The van der Waals surface area contributed by atoms with Crippen LogP contribution in [0.25, 0.3) is 0 Å². The van der Waals surface area contributed by atoms with E-state index < -0.39 is 0 Å². The lowest BCUT2D eigenvalue weighted by Crippen LogP contribution is -2.43. The van der Waals surface area contributed by atoms with Crippen LogP contribution in [0.3, 0.4) is 0 Å². The van der Waals surface area contributed by atoms with E-state index in [1.165, 1.54) is 5.57 Å². The molecule has 0 aromatic carbocycles. The lowest BCUT2D eigenvalue weighted by molar-refractivity contribution is 0.176. The molecule has 0 aliphatic heterocycles. The van der Waals surface area contributed by atoms with Gasteiger partial charge in [-0.2, -0.15) is 0 Å². The Morgan fingerprint density at radius 1 is 1.67 bits per heavy atom. The molecule has 1 aliphatic carbocycles. The number of hydrogen-bond donors (Lipinski definition) is 1. The van der Waals surface area contributed by atoms with Gasteiger partial charge in [0.2, 0.25) is 0 Å². The van der Waals surface area contributed by atoms with Crippen molar-refractivity contribution in [2.75, 3.05) is 6.54 Å². The summed E-state index contributed by atoms with van der Waals surface area (Å²) in [5.41, 5.74) is 1.49. The minimum absolute atomic E-state index is 0.546. The summed E-state index contributed by atoms with van der Waals surface area (Å²) in [4.78, 5) is 0. The Labute approximate surface area is 75.4 Å². The van der Waals surface area contributed by atoms with E-state index in [9.17, 15) is 0 Å². The van der Waals surface area contributed by atoms with Crippen LogP contribution in [0.5, 0.6) is 0 Å². The van der Waals surface area contributed by atoms with Gasteiger partial charge in [0.15, 0.2) is 0 Å². The highest BCUT2D eigenvalue weighted by Gasteiger charge is 2.25. The smallest absolute Gasteiger partial charge is 0.0338 e. The molecule has 70 valence electrons. The van der Waals surface area contributed by atoms with Crippen LogP contribution in [0, 0.1) is 5.92 Å². The molecule has 12 heavy (non-hydrogen) atoms. The maximum absolute atomic E-state index is 5.94. The molecule has 2 unspecified atom stereocenters. The second-order valence-electron chi connectivity index (χ2n) is 3.88. The lowest BCUT2D eigenvalue weighted by Gasteiger charge is -2.26. The molecule has 2 atom stereocenters. The minimum atomic E-state index is 0.546. The third-order valence-electron chi connectivity index (χ3n) is 2.59. The summed E-state index contributed by atoms with van der Waals surface area (Å²) in [5, 5.41) is 2.00. The first-order valence-electron chi connectivity index (χ1n) is 4.83. The molecule has 2 nitrogen and oxygen atoms in total. The van der Waals surface area contributed by atoms with Gasteiger partial charge in [-0.05, 0) is 25.7 Å². The maximum Gasteiger partial charge on any atom is 0.0338 e. The summed E-state index contributed by atoms with van der Waals surface area (Å²) in [7, 11) is 0. The monoisotopic (exact) mass is 168 g/mol. The molecule has 0 spiro atoms. The number of hydrazine groups is 1. The molecule has 0 fully saturated rings. The molecular formula is C10H20N2. The zero-order valence-electron chi connectivity index (χ0n) is 8.38. The molecule has 0 bridgehead atoms. The van der Waals surface area contributed by atoms with Crippen molar-refractivity contribution in [1.29, 1.82) is 0 Å². The third kappa shape index (κ3) is 2.08. The fourth-order valence-electron chi connectivity index (χ4n) is 1.99. The molecule has 0 aromatic rings. The summed E-state index contributed by atoms with van der Waals surface area (Å²) in [5.74, 6) is 6.57. The fraction of sp³-hybridized carbons (Fsp3) is 0.800. The van der Waals surface area contributed by atoms with E-state index in [2.05, 4.69) is 26.8 Å². The average Bonchev–Trinajstić information content (AvgIpc) is 2.30. The molecule has 0 heterocycles. The van der Waals surface area contributed by atoms with E-state index in [1.807, 2.05) is 5.01 Å². The topological polar surface area (TPSA) is 29.3 Å². The molecule has 0 saturated heterocycles. The van der Waals surface area contributed by atoms with Crippen molar-refractivity contribution in [2.24, 2.45) is 11.8 Å². The van der Waals surface area contributed by atoms with Crippen LogP contribution in [-0.4, -0.2) is 17.6 Å². The average molecular weight is 168 g/mol. The predicted molar refractivity (Wildman–Crippen MR) is 52.5 cm³/mol. The normalized spacial score (nSPS) is 29.6. The molecule has 1 aliphatic rings. The first kappa shape index (κ1) is 9.75. The highest BCUT2D eigenvalue weighted by molar-refractivity contribution is 5.12. The zero-order valence-corrected chi connectivity index (χ0v) is 8.38. The zero-order chi connectivity index (χ0) is 9.14. The number of hydrogen-bond acceptors (Lipinski definition) is 2. The van der Waals surface area contributed by atoms with Crippen molar-refractivity contribution in [1.82, 2.24) is 5.01 Å². The number of nitrogens with zero attached hydrogens (tertiary/aromatic N) is 1. The first-order chi connectivity index (χ1) is 5.65. The molecule has 0 aromatic heterocycles. The van der Waals surface area contributed by atoms with Crippen LogP contribution in [-0.2, 0) is 0 Å². The Balaban J connectivity index is 2.45. The van der Waals surface area contributed by atoms with Crippen LogP contribution in [0.1, 0.15) is 33.6 Å². The van der Waals surface area contributed by atoms with Gasteiger partial charge in [0.25, 0.3) is 0 Å². The van der Waals surface area contributed by atoms with E-state index >= 15 is 0 Å². The van der Waals surface area contributed by atoms with Gasteiger partial charge < -0.3 is 0 Å². The van der Waals surface area contributed by atoms with Crippen molar-refractivity contribution in [2.45, 2.75) is 39.7 Å². The predicted octanol–water partition coefficient (Wildman–Crippen LogP) is 1.93. The molecular weight excluding hydrogens is 148 g/mol. The van der Waals surface area contributed by atoms with Crippen LogP contribution in [0.2, 0.25) is 0 Å². The standard InChI is InChI=1S/C10H20N2/c1-4-5-12(11)10-7-8(2)6-9(10)3/h6,9-10H,4-5,7,11H2,1-3H3. The van der Waals surface area contributed by atoms with Gasteiger partial charge in [-0.3, -0.25) is 5.84 Å². The molecule has 0 saturated carbocycles. The summed E-state index contributed by atoms with van der Waals surface area (Å²) < 4.78 is 0. The summed E-state index contributed by atoms with van der Waals surface area (Å²) in [6.45, 7) is 7.61. The van der Waals surface area contributed by atoms with Crippen molar-refractivity contribution >= 4 is 0 Å². The van der Waals surface area contributed by atoms with Crippen molar-refractivity contribution in [3.63, 3.8) is 0 Å². The highest BCUT2D eigenvalue weighted by Crippen LogP contribution is 2.26. The van der Waals surface area contributed by atoms with E-state index in [0.717, 1.165) is 19.4 Å². The second kappa shape index (κ2) is 4.06. The van der Waals surface area contributed by atoms with Crippen molar-refractivity contribution in [3.05, 3.63) is 11.6 Å². The quantitative estimate of drug-likeness (QED) is 0.396. The Kier molecular flexibility index (Phi) is 3.29. The van der Waals surface area contributed by atoms with Crippen LogP contribution < -0.4 is 5.84 Å². The molecule has 2 heteroatoms. The van der Waals surface area contributed by atoms with Gasteiger partial charge in [-0.25, -0.2) is 5.01 Å². The minimum Gasteiger partial charge on any atom is -0.269 e. The Morgan fingerprint density at radius 2 is 2.33 bits per heavy atom. The van der Waals surface area contributed by atoms with Gasteiger partial charge in [0.05, 0.1) is 0 Å². The van der Waals surface area contributed by atoms with Crippen LogP contribution >= 0.6 is 0 Å². The second-order valence-corrected chi connectivity index (χ2v) is 3.88. The Bertz CT molecular complexity index is 175. The summed E-state index contributed by atoms with van der Waals surface area (Å²) in [6.07, 6.45) is 4.62. The largest absolute Gasteiger partial charge is 0.269 e. The van der Waals surface area contributed by atoms with Gasteiger partial charge in [0, 0.05) is 12.6 Å². The number of rotatable bonds is 3. The van der Waals surface area contributed by atoms with Gasteiger partial charge >= 0.3 is 0 Å². The van der Waals surface area contributed by atoms with Crippen molar-refractivity contribution in [3.8, 4) is 0 Å². The SMILES string of the molecule is CCCN(N)C1CC(C)=CC1C. The van der Waals surface area contributed by atoms with Crippen LogP contribution in [0.4, 0.5) is 0 Å². The third-order valence-corrected chi connectivity index (χ3v) is 2.59. The summed E-state index contributed by atoms with van der Waals surface area (Å²) >= 11 is 0. The van der Waals surface area contributed by atoms with Gasteiger partial charge in [-0.15, -0.1) is 0 Å². The van der Waals surface area contributed by atoms with E-state index in [4.69, 9.17) is 5.84 Å². The Hall–Kier alpha value is -0.340.